The maximum atomic E-state index is 12.6. The Kier molecular flexibility index (Phi) is 3.05. The summed E-state index contributed by atoms with van der Waals surface area (Å²) < 4.78 is 12.6. The van der Waals surface area contributed by atoms with Gasteiger partial charge in [-0.25, -0.2) is 4.39 Å². The van der Waals surface area contributed by atoms with Gasteiger partial charge in [0.05, 0.1) is 0 Å². The minimum atomic E-state index is -0.0896. The van der Waals surface area contributed by atoms with Crippen LogP contribution in [0, 0.1) is 0 Å². The minimum Gasteiger partial charge on any atom is -0.330 e. The van der Waals surface area contributed by atoms with Crippen molar-refractivity contribution in [2.75, 3.05) is 6.54 Å². The van der Waals surface area contributed by atoms with Gasteiger partial charge in [0.25, 0.3) is 0 Å². The summed E-state index contributed by atoms with van der Waals surface area (Å²) in [5, 5.41) is 0. The highest BCUT2D eigenvalue weighted by Gasteiger charge is 1.96. The van der Waals surface area contributed by atoms with Gasteiger partial charge in [0.1, 0.15) is 5.83 Å². The Morgan fingerprint density at radius 3 is 3.00 bits per heavy atom. The molecule has 0 fully saturated rings. The van der Waals surface area contributed by atoms with Crippen LogP contribution < -0.4 is 5.73 Å². The second-order valence-corrected chi connectivity index (χ2v) is 2.50. The van der Waals surface area contributed by atoms with Crippen molar-refractivity contribution in [2.45, 2.75) is 12.8 Å². The van der Waals surface area contributed by atoms with Crippen LogP contribution in [0.3, 0.4) is 0 Å². The SMILES string of the molecule is NCCC1=CC=C(F)CC=C1. The molecule has 1 rings (SSSR count). The number of hydrogen-bond donors (Lipinski definition) is 1. The lowest BCUT2D eigenvalue weighted by Gasteiger charge is -1.94. The predicted molar refractivity (Wildman–Crippen MR) is 44.7 cm³/mol. The number of rotatable bonds is 2. The summed E-state index contributed by atoms with van der Waals surface area (Å²) in [5.74, 6) is -0.0896. The van der Waals surface area contributed by atoms with Gasteiger partial charge >= 0.3 is 0 Å². The Balaban J connectivity index is 2.64. The van der Waals surface area contributed by atoms with E-state index in [1.807, 2.05) is 12.2 Å². The number of halogens is 1. The van der Waals surface area contributed by atoms with Gasteiger partial charge in [0, 0.05) is 6.42 Å². The van der Waals surface area contributed by atoms with Gasteiger partial charge in [-0.2, -0.15) is 0 Å². The zero-order valence-electron chi connectivity index (χ0n) is 6.39. The van der Waals surface area contributed by atoms with Crippen LogP contribution in [0.2, 0.25) is 0 Å². The van der Waals surface area contributed by atoms with Gasteiger partial charge in [-0.05, 0) is 24.6 Å². The first-order valence-corrected chi connectivity index (χ1v) is 3.75. The summed E-state index contributed by atoms with van der Waals surface area (Å²) >= 11 is 0. The Bertz CT molecular complexity index is 214. The normalized spacial score (nSPS) is 17.3. The summed E-state index contributed by atoms with van der Waals surface area (Å²) in [4.78, 5) is 0. The molecule has 0 saturated carbocycles. The number of allylic oxidation sites excluding steroid dienone is 5. The maximum absolute atomic E-state index is 12.6. The topological polar surface area (TPSA) is 26.0 Å². The summed E-state index contributed by atoms with van der Waals surface area (Å²) in [6, 6.07) is 0. The monoisotopic (exact) mass is 153 g/mol. The molecule has 0 heterocycles. The van der Waals surface area contributed by atoms with Crippen LogP contribution in [-0.2, 0) is 0 Å². The second kappa shape index (κ2) is 4.09. The summed E-state index contributed by atoms with van der Waals surface area (Å²) in [6.45, 7) is 0.617. The third-order valence-corrected chi connectivity index (χ3v) is 1.56. The quantitative estimate of drug-likeness (QED) is 0.645. The van der Waals surface area contributed by atoms with E-state index in [2.05, 4.69) is 0 Å². The van der Waals surface area contributed by atoms with E-state index in [1.165, 1.54) is 6.08 Å². The van der Waals surface area contributed by atoms with Gasteiger partial charge in [0.2, 0.25) is 0 Å². The highest BCUT2D eigenvalue weighted by molar-refractivity contribution is 5.28. The van der Waals surface area contributed by atoms with Crippen molar-refractivity contribution in [3.05, 3.63) is 35.7 Å². The fourth-order valence-electron chi connectivity index (χ4n) is 0.977. The van der Waals surface area contributed by atoms with Crippen molar-refractivity contribution in [1.82, 2.24) is 0 Å². The first-order valence-electron chi connectivity index (χ1n) is 3.75. The lowest BCUT2D eigenvalue weighted by Crippen LogP contribution is -1.98. The average molecular weight is 153 g/mol. The molecule has 11 heavy (non-hydrogen) atoms. The first kappa shape index (κ1) is 8.21. The lowest BCUT2D eigenvalue weighted by atomic mass is 10.2. The molecule has 0 radical (unpaired) electrons. The number of nitrogens with two attached hydrogens (primary N) is 1. The zero-order chi connectivity index (χ0) is 8.10. The third kappa shape index (κ3) is 2.68. The van der Waals surface area contributed by atoms with Crippen LogP contribution in [0.4, 0.5) is 4.39 Å². The van der Waals surface area contributed by atoms with Crippen molar-refractivity contribution in [2.24, 2.45) is 5.73 Å². The smallest absolute Gasteiger partial charge is 0.104 e. The molecule has 2 N–H and O–H groups in total. The van der Waals surface area contributed by atoms with E-state index in [1.54, 1.807) is 6.08 Å². The molecule has 1 aliphatic carbocycles. The second-order valence-electron chi connectivity index (χ2n) is 2.50. The van der Waals surface area contributed by atoms with E-state index in [0.717, 1.165) is 12.0 Å². The van der Waals surface area contributed by atoms with E-state index < -0.39 is 0 Å². The maximum Gasteiger partial charge on any atom is 0.104 e. The molecule has 0 saturated heterocycles. The molecule has 0 bridgehead atoms. The third-order valence-electron chi connectivity index (χ3n) is 1.56. The van der Waals surface area contributed by atoms with Crippen LogP contribution in [-0.4, -0.2) is 6.54 Å². The Morgan fingerprint density at radius 2 is 2.27 bits per heavy atom. The molecule has 0 aliphatic heterocycles. The number of hydrogen-bond acceptors (Lipinski definition) is 1. The molecule has 1 aliphatic rings. The molecule has 0 unspecified atom stereocenters. The molecule has 0 aromatic rings. The first-order chi connectivity index (χ1) is 5.33. The standard InChI is InChI=1S/C9H12FN/c10-9-3-1-2-8(4-5-9)6-7-11/h1-2,4-5H,3,6-7,11H2. The molecule has 1 nitrogen and oxygen atoms in total. The van der Waals surface area contributed by atoms with E-state index in [-0.39, 0.29) is 5.83 Å². The Labute approximate surface area is 66.1 Å². The van der Waals surface area contributed by atoms with Crippen LogP contribution in [0.15, 0.2) is 35.7 Å². The fraction of sp³-hybridized carbons (Fsp3) is 0.333. The Morgan fingerprint density at radius 1 is 1.45 bits per heavy atom. The van der Waals surface area contributed by atoms with Gasteiger partial charge in [-0.1, -0.05) is 18.2 Å². The molecule has 0 spiro atoms. The van der Waals surface area contributed by atoms with E-state index in [9.17, 15) is 4.39 Å². The van der Waals surface area contributed by atoms with Crippen molar-refractivity contribution in [3.63, 3.8) is 0 Å². The average Bonchev–Trinajstić information content (AvgIpc) is 2.17. The van der Waals surface area contributed by atoms with Crippen LogP contribution in [0.1, 0.15) is 12.8 Å². The summed E-state index contributed by atoms with van der Waals surface area (Å²) in [7, 11) is 0. The molecular weight excluding hydrogens is 141 g/mol. The Hall–Kier alpha value is -0.890. The van der Waals surface area contributed by atoms with E-state index >= 15 is 0 Å². The van der Waals surface area contributed by atoms with Crippen molar-refractivity contribution >= 4 is 0 Å². The highest BCUT2D eigenvalue weighted by atomic mass is 19.1. The molecule has 2 heteroatoms. The van der Waals surface area contributed by atoms with Crippen LogP contribution in [0.5, 0.6) is 0 Å². The summed E-state index contributed by atoms with van der Waals surface area (Å²) in [5.41, 5.74) is 6.45. The van der Waals surface area contributed by atoms with Gasteiger partial charge in [0.15, 0.2) is 0 Å². The molecule has 0 aromatic heterocycles. The van der Waals surface area contributed by atoms with E-state index in [4.69, 9.17) is 5.73 Å². The minimum absolute atomic E-state index is 0.0896. The van der Waals surface area contributed by atoms with Crippen molar-refractivity contribution in [1.29, 1.82) is 0 Å². The molecular formula is C9H12FN. The van der Waals surface area contributed by atoms with Gasteiger partial charge < -0.3 is 5.73 Å². The highest BCUT2D eigenvalue weighted by Crippen LogP contribution is 2.13. The van der Waals surface area contributed by atoms with Gasteiger partial charge in [-0.15, -0.1) is 0 Å². The molecule has 60 valence electrons. The molecule has 0 aromatic carbocycles. The zero-order valence-corrected chi connectivity index (χ0v) is 6.39. The van der Waals surface area contributed by atoms with Crippen LogP contribution >= 0.6 is 0 Å². The lowest BCUT2D eigenvalue weighted by molar-refractivity contribution is 0.618. The molecule has 0 amide bonds. The fourth-order valence-corrected chi connectivity index (χ4v) is 0.977. The van der Waals surface area contributed by atoms with Crippen molar-refractivity contribution in [3.8, 4) is 0 Å². The van der Waals surface area contributed by atoms with Gasteiger partial charge in [-0.3, -0.25) is 0 Å². The molecule has 0 atom stereocenters. The van der Waals surface area contributed by atoms with E-state index in [0.29, 0.717) is 13.0 Å². The van der Waals surface area contributed by atoms with Crippen LogP contribution in [0.25, 0.3) is 0 Å². The predicted octanol–water partition coefficient (Wildman–Crippen LogP) is 2.07. The summed E-state index contributed by atoms with van der Waals surface area (Å²) in [6.07, 6.45) is 8.26. The van der Waals surface area contributed by atoms with Crippen molar-refractivity contribution < 1.29 is 4.39 Å². The largest absolute Gasteiger partial charge is 0.330 e.